The third kappa shape index (κ3) is 6.76. The fraction of sp³-hybridized carbons (Fsp3) is 0.292. The van der Waals surface area contributed by atoms with Gasteiger partial charge < -0.3 is 14.2 Å². The van der Waals surface area contributed by atoms with E-state index in [9.17, 15) is 14.4 Å². The zero-order valence-electron chi connectivity index (χ0n) is 18.3. The highest BCUT2D eigenvalue weighted by molar-refractivity contribution is 8.18. The molecule has 1 saturated heterocycles. The van der Waals surface area contributed by atoms with E-state index in [4.69, 9.17) is 25.8 Å². The Morgan fingerprint density at radius 1 is 1.12 bits per heavy atom. The molecule has 2 amide bonds. The standard InChI is InChI=1S/C24H24ClNO6S/c1-3-4-11-31-22(27)14-26-23(28)21(33-24(26)29)13-17-7-10-19(20(12-17)30-2)32-15-16-5-8-18(25)9-6-16/h5-10,12-13H,3-4,11,14-15H2,1-2H3/b21-13+. The first-order valence-electron chi connectivity index (χ1n) is 10.4. The smallest absolute Gasteiger partial charge is 0.326 e. The van der Waals surface area contributed by atoms with Crippen LogP contribution in [0.3, 0.4) is 0 Å². The summed E-state index contributed by atoms with van der Waals surface area (Å²) in [5, 5.41) is 0.145. The number of methoxy groups -OCH3 is 1. The molecule has 2 aromatic rings. The fourth-order valence-corrected chi connectivity index (χ4v) is 3.89. The number of esters is 1. The van der Waals surface area contributed by atoms with Crippen molar-refractivity contribution in [3.8, 4) is 11.5 Å². The first kappa shape index (κ1) is 24.7. The summed E-state index contributed by atoms with van der Waals surface area (Å²) in [5.74, 6) is -0.112. The number of amides is 2. The first-order chi connectivity index (χ1) is 15.9. The molecule has 3 rings (SSSR count). The predicted octanol–water partition coefficient (Wildman–Crippen LogP) is 5.31. The number of hydrogen-bond acceptors (Lipinski definition) is 7. The number of hydrogen-bond donors (Lipinski definition) is 0. The molecule has 0 atom stereocenters. The van der Waals surface area contributed by atoms with Crippen LogP contribution in [0.5, 0.6) is 11.5 Å². The lowest BCUT2D eigenvalue weighted by Gasteiger charge is -2.12. The van der Waals surface area contributed by atoms with E-state index in [1.165, 1.54) is 7.11 Å². The number of carbonyl (C=O) groups is 3. The van der Waals surface area contributed by atoms with Crippen molar-refractivity contribution in [2.45, 2.75) is 26.4 Å². The molecule has 0 aromatic heterocycles. The van der Waals surface area contributed by atoms with Crippen molar-refractivity contribution in [2.75, 3.05) is 20.3 Å². The Hall–Kier alpha value is -2.97. The van der Waals surface area contributed by atoms with Gasteiger partial charge in [-0.25, -0.2) is 0 Å². The second-order valence-electron chi connectivity index (χ2n) is 7.17. The summed E-state index contributed by atoms with van der Waals surface area (Å²) >= 11 is 6.68. The van der Waals surface area contributed by atoms with Crippen LogP contribution in [0.1, 0.15) is 30.9 Å². The largest absolute Gasteiger partial charge is 0.493 e. The number of unbranched alkanes of at least 4 members (excludes halogenated alkanes) is 1. The number of rotatable bonds is 10. The van der Waals surface area contributed by atoms with Gasteiger partial charge in [0.1, 0.15) is 13.2 Å². The minimum absolute atomic E-state index is 0.221. The summed E-state index contributed by atoms with van der Waals surface area (Å²) in [4.78, 5) is 37.9. The lowest BCUT2D eigenvalue weighted by atomic mass is 10.1. The number of nitrogens with zero attached hydrogens (tertiary/aromatic N) is 1. The van der Waals surface area contributed by atoms with Crippen LogP contribution in [0.25, 0.3) is 6.08 Å². The summed E-state index contributed by atoms with van der Waals surface area (Å²) in [5.41, 5.74) is 1.61. The van der Waals surface area contributed by atoms with Crippen LogP contribution in [0.15, 0.2) is 47.4 Å². The van der Waals surface area contributed by atoms with Gasteiger partial charge in [-0.2, -0.15) is 0 Å². The van der Waals surface area contributed by atoms with Crippen molar-refractivity contribution in [3.63, 3.8) is 0 Å². The molecule has 2 aromatic carbocycles. The highest BCUT2D eigenvalue weighted by Gasteiger charge is 2.36. The molecule has 174 valence electrons. The maximum absolute atomic E-state index is 12.6. The Labute approximate surface area is 201 Å². The fourth-order valence-electron chi connectivity index (χ4n) is 2.93. The van der Waals surface area contributed by atoms with Gasteiger partial charge in [-0.05, 0) is 59.7 Å². The summed E-state index contributed by atoms with van der Waals surface area (Å²) in [7, 11) is 1.52. The van der Waals surface area contributed by atoms with Crippen molar-refractivity contribution in [3.05, 3.63) is 63.5 Å². The Bertz CT molecular complexity index is 1050. The van der Waals surface area contributed by atoms with Gasteiger partial charge in [-0.15, -0.1) is 0 Å². The first-order valence-corrected chi connectivity index (χ1v) is 11.6. The molecule has 1 heterocycles. The average molecular weight is 490 g/mol. The molecule has 0 saturated carbocycles. The van der Waals surface area contributed by atoms with E-state index in [2.05, 4.69) is 0 Å². The van der Waals surface area contributed by atoms with Crippen molar-refractivity contribution in [2.24, 2.45) is 0 Å². The zero-order valence-corrected chi connectivity index (χ0v) is 19.9. The molecule has 33 heavy (non-hydrogen) atoms. The van der Waals surface area contributed by atoms with Crippen LogP contribution in [0.2, 0.25) is 5.02 Å². The molecule has 0 radical (unpaired) electrons. The highest BCUT2D eigenvalue weighted by Crippen LogP contribution is 2.34. The van der Waals surface area contributed by atoms with Crippen LogP contribution in [0, 0.1) is 0 Å². The minimum Gasteiger partial charge on any atom is -0.493 e. The van der Waals surface area contributed by atoms with Gasteiger partial charge in [-0.3, -0.25) is 19.3 Å². The van der Waals surface area contributed by atoms with Gasteiger partial charge in [0.25, 0.3) is 11.1 Å². The monoisotopic (exact) mass is 489 g/mol. The molecular formula is C24H24ClNO6S. The Kier molecular flexibility index (Phi) is 8.79. The zero-order chi connectivity index (χ0) is 23.8. The molecule has 0 unspecified atom stereocenters. The number of thioether (sulfide) groups is 1. The Morgan fingerprint density at radius 2 is 1.88 bits per heavy atom. The van der Waals surface area contributed by atoms with E-state index in [1.54, 1.807) is 36.4 Å². The topological polar surface area (TPSA) is 82.1 Å². The number of benzene rings is 2. The summed E-state index contributed by atoms with van der Waals surface area (Å²) in [6, 6.07) is 12.5. The maximum Gasteiger partial charge on any atom is 0.326 e. The van der Waals surface area contributed by atoms with Gasteiger partial charge in [0, 0.05) is 5.02 Å². The predicted molar refractivity (Wildman–Crippen MR) is 127 cm³/mol. The van der Waals surface area contributed by atoms with Crippen molar-refractivity contribution >= 4 is 46.6 Å². The maximum atomic E-state index is 12.6. The quantitative estimate of drug-likeness (QED) is 0.254. The van der Waals surface area contributed by atoms with Crippen LogP contribution < -0.4 is 9.47 Å². The molecule has 9 heteroatoms. The van der Waals surface area contributed by atoms with Gasteiger partial charge in [0.15, 0.2) is 11.5 Å². The van der Waals surface area contributed by atoms with E-state index in [0.29, 0.717) is 28.7 Å². The second kappa shape index (κ2) is 11.8. The summed E-state index contributed by atoms with van der Waals surface area (Å²) in [6.07, 6.45) is 3.19. The highest BCUT2D eigenvalue weighted by atomic mass is 35.5. The Balaban J connectivity index is 1.67. The van der Waals surface area contributed by atoms with Crippen molar-refractivity contribution in [1.82, 2.24) is 4.90 Å². The van der Waals surface area contributed by atoms with Crippen LogP contribution in [-0.2, 0) is 20.9 Å². The van der Waals surface area contributed by atoms with E-state index < -0.39 is 23.7 Å². The molecule has 7 nitrogen and oxygen atoms in total. The molecule has 0 aliphatic carbocycles. The van der Waals surface area contributed by atoms with Crippen molar-refractivity contribution < 1.29 is 28.6 Å². The second-order valence-corrected chi connectivity index (χ2v) is 8.60. The lowest BCUT2D eigenvalue weighted by Crippen LogP contribution is -2.34. The third-order valence-electron chi connectivity index (χ3n) is 4.71. The van der Waals surface area contributed by atoms with Crippen LogP contribution >= 0.6 is 23.4 Å². The molecule has 0 spiro atoms. The van der Waals surface area contributed by atoms with Crippen LogP contribution in [0.4, 0.5) is 4.79 Å². The van der Waals surface area contributed by atoms with E-state index >= 15 is 0 Å². The SMILES string of the molecule is CCCCOC(=O)CN1C(=O)S/C(=C/c2ccc(OCc3ccc(Cl)cc3)c(OC)c2)C1=O. The van der Waals surface area contributed by atoms with Gasteiger partial charge >= 0.3 is 5.97 Å². The van der Waals surface area contributed by atoms with Gasteiger partial charge in [0.2, 0.25) is 0 Å². The summed E-state index contributed by atoms with van der Waals surface area (Å²) < 4.78 is 16.3. The van der Waals surface area contributed by atoms with Crippen molar-refractivity contribution in [1.29, 1.82) is 0 Å². The molecule has 1 aliphatic heterocycles. The average Bonchev–Trinajstić information content (AvgIpc) is 3.06. The van der Waals surface area contributed by atoms with E-state index in [-0.39, 0.29) is 11.5 Å². The third-order valence-corrected chi connectivity index (χ3v) is 5.87. The van der Waals surface area contributed by atoms with Gasteiger partial charge in [-0.1, -0.05) is 43.1 Å². The van der Waals surface area contributed by atoms with Gasteiger partial charge in [0.05, 0.1) is 18.6 Å². The molecule has 0 bridgehead atoms. The molecule has 1 fully saturated rings. The summed E-state index contributed by atoms with van der Waals surface area (Å²) in [6.45, 7) is 2.18. The number of carbonyl (C=O) groups excluding carboxylic acids is 3. The van der Waals surface area contributed by atoms with E-state index in [0.717, 1.165) is 35.1 Å². The normalized spacial score (nSPS) is 14.6. The molecular weight excluding hydrogens is 466 g/mol. The number of ether oxygens (including phenoxy) is 3. The Morgan fingerprint density at radius 3 is 2.58 bits per heavy atom. The molecule has 1 aliphatic rings. The van der Waals surface area contributed by atoms with E-state index in [1.807, 2.05) is 19.1 Å². The minimum atomic E-state index is -0.601. The number of imide groups is 1. The van der Waals surface area contributed by atoms with Crippen LogP contribution in [-0.4, -0.2) is 42.3 Å². The molecule has 0 N–H and O–H groups in total. The number of halogens is 1. The lowest BCUT2D eigenvalue weighted by molar-refractivity contribution is -0.146.